The summed E-state index contributed by atoms with van der Waals surface area (Å²) < 4.78 is 5.27. The van der Waals surface area contributed by atoms with Gasteiger partial charge in [0.2, 0.25) is 0 Å². The van der Waals surface area contributed by atoms with Gasteiger partial charge in [-0.2, -0.15) is 0 Å². The molecule has 2 fully saturated rings. The Balaban J connectivity index is 1.41. The van der Waals surface area contributed by atoms with E-state index < -0.39 is 6.10 Å². The van der Waals surface area contributed by atoms with E-state index in [4.69, 9.17) is 16.3 Å². The highest BCUT2D eigenvalue weighted by molar-refractivity contribution is 6.21. The average Bonchev–Trinajstić information content (AvgIpc) is 3.41. The minimum atomic E-state index is -0.460. The van der Waals surface area contributed by atoms with Crippen molar-refractivity contribution in [2.75, 3.05) is 20.2 Å². The number of alkyl halides is 1. The summed E-state index contributed by atoms with van der Waals surface area (Å²) in [5, 5.41) is 21.3. The fraction of sp³-hybridized carbons (Fsp3) is 0.872. The predicted molar refractivity (Wildman–Crippen MR) is 228 cm³/mol. The minimum absolute atomic E-state index is 0.0116. The molecule has 2 rings (SSSR count). The molecule has 6 nitrogen and oxygen atoms in total. The van der Waals surface area contributed by atoms with Gasteiger partial charge >= 0.3 is 5.97 Å². The molecule has 2 aliphatic rings. The van der Waals surface area contributed by atoms with Crippen molar-refractivity contribution in [1.82, 2.24) is 4.90 Å². The lowest BCUT2D eigenvalue weighted by atomic mass is 9.63. The number of esters is 1. The lowest BCUT2D eigenvalue weighted by Crippen LogP contribution is -2.40. The Labute approximate surface area is 337 Å². The van der Waals surface area contributed by atoms with Crippen molar-refractivity contribution in [2.45, 2.75) is 224 Å². The fourth-order valence-corrected chi connectivity index (χ4v) is 9.08. The Bertz CT molecular complexity index is 1010. The molecule has 2 aliphatic carbocycles. The number of aliphatic hydroxyl groups excluding tert-OH is 2. The van der Waals surface area contributed by atoms with Crippen LogP contribution in [-0.2, 0) is 14.3 Å². The summed E-state index contributed by atoms with van der Waals surface area (Å²) in [6.07, 6.45) is 42.7. The fourth-order valence-electron chi connectivity index (χ4n) is 8.62. The lowest BCUT2D eigenvalue weighted by molar-refractivity contribution is -0.151. The van der Waals surface area contributed by atoms with Crippen molar-refractivity contribution in [3.05, 3.63) is 24.3 Å². The quantitative estimate of drug-likeness (QED) is 0.0294. The number of rotatable bonds is 34. The number of hydrogen-bond acceptors (Lipinski definition) is 5. The van der Waals surface area contributed by atoms with E-state index in [0.29, 0.717) is 25.8 Å². The van der Waals surface area contributed by atoms with Crippen LogP contribution in [-0.4, -0.2) is 64.8 Å². The smallest absolute Gasteiger partial charge is 0.306 e. The van der Waals surface area contributed by atoms with E-state index in [-0.39, 0.29) is 53.6 Å². The van der Waals surface area contributed by atoms with Gasteiger partial charge in [0.1, 0.15) is 0 Å². The zero-order chi connectivity index (χ0) is 39.3. The summed E-state index contributed by atoms with van der Waals surface area (Å²) in [5.41, 5.74) is 0.0818. The highest BCUT2D eigenvalue weighted by Gasteiger charge is 2.42. The van der Waals surface area contributed by atoms with Crippen molar-refractivity contribution in [2.24, 2.45) is 17.3 Å². The van der Waals surface area contributed by atoms with Gasteiger partial charge < -0.3 is 19.8 Å². The summed E-state index contributed by atoms with van der Waals surface area (Å²) >= 11 is 6.63. The van der Waals surface area contributed by atoms with E-state index in [1.165, 1.54) is 122 Å². The van der Waals surface area contributed by atoms with Gasteiger partial charge in [-0.1, -0.05) is 167 Å². The molecule has 0 saturated heterocycles. The van der Waals surface area contributed by atoms with Gasteiger partial charge in [-0.3, -0.25) is 9.59 Å². The van der Waals surface area contributed by atoms with Gasteiger partial charge in [0.15, 0.2) is 6.61 Å². The molecule has 0 heterocycles. The molecule has 0 unspecified atom stereocenters. The molecule has 0 aromatic heterocycles. The molecule has 314 valence electrons. The van der Waals surface area contributed by atoms with Gasteiger partial charge in [-0.15, -0.1) is 11.6 Å². The average molecular weight is 779 g/mol. The molecule has 0 bridgehead atoms. The Morgan fingerprint density at radius 3 is 1.83 bits per heavy atom. The van der Waals surface area contributed by atoms with Gasteiger partial charge in [0.05, 0.1) is 12.2 Å². The molecule has 5 atom stereocenters. The summed E-state index contributed by atoms with van der Waals surface area (Å²) in [6.45, 7) is 4.98. The number of amides is 1. The number of hydrogen-bond donors (Lipinski definition) is 2. The molecule has 2 saturated carbocycles. The Kier molecular flexibility index (Phi) is 27.8. The van der Waals surface area contributed by atoms with Crippen molar-refractivity contribution >= 4 is 23.5 Å². The van der Waals surface area contributed by atoms with Crippen molar-refractivity contribution < 1.29 is 24.5 Å². The summed E-state index contributed by atoms with van der Waals surface area (Å²) in [6, 6.07) is 0. The summed E-state index contributed by atoms with van der Waals surface area (Å²) in [4.78, 5) is 26.4. The predicted octanol–water partition coefficient (Wildman–Crippen LogP) is 12.4. The molecule has 2 N–H and O–H groups in total. The Morgan fingerprint density at radius 1 is 0.796 bits per heavy atom. The molecule has 54 heavy (non-hydrogen) atoms. The second-order valence-electron chi connectivity index (χ2n) is 17.1. The standard InChI is InChI=1S/C47H84ClNO5/c1-4-6-7-8-9-10-11-12-13-14-15-16-17-18-19-20-21-22-25-28-37-49(3)45(52)39-54-46(53)34-27-24-23-26-31-40-41(43(50)38-42(40)48)32-29-33-44(51)47(5-2)35-30-36-47/h23,26,29,32,40-44,50-51H,4-22,24-25,27-28,30-31,33-39H2,1-3H3/b26-23-,32-29+/t40-,41-,42-,43-,44+/m1/s1. The van der Waals surface area contributed by atoms with Crippen molar-refractivity contribution in [3.63, 3.8) is 0 Å². The largest absolute Gasteiger partial charge is 0.456 e. The van der Waals surface area contributed by atoms with Crippen LogP contribution in [0.4, 0.5) is 0 Å². The number of ether oxygens (including phenoxy) is 1. The van der Waals surface area contributed by atoms with Crippen LogP contribution in [0.5, 0.6) is 0 Å². The maximum atomic E-state index is 12.5. The van der Waals surface area contributed by atoms with Crippen LogP contribution in [0.2, 0.25) is 0 Å². The third-order valence-corrected chi connectivity index (χ3v) is 13.3. The van der Waals surface area contributed by atoms with Crippen molar-refractivity contribution in [1.29, 1.82) is 0 Å². The SMILES string of the molecule is CCCCCCCCCCCCCCCCCCCCCCN(C)C(=O)COC(=O)CCC/C=C\C[C@@H]1[C@@H](/C=C/C[C@H](O)C2(CC)CCC2)[C@H](O)C[C@H]1Cl. The molecule has 7 heteroatoms. The Morgan fingerprint density at radius 2 is 1.33 bits per heavy atom. The maximum Gasteiger partial charge on any atom is 0.306 e. The summed E-state index contributed by atoms with van der Waals surface area (Å²) in [5.74, 6) is -0.335. The highest BCUT2D eigenvalue weighted by Crippen LogP contribution is 2.48. The van der Waals surface area contributed by atoms with E-state index in [9.17, 15) is 19.8 Å². The normalized spacial score (nSPS) is 21.5. The highest BCUT2D eigenvalue weighted by atomic mass is 35.5. The van der Waals surface area contributed by atoms with Crippen LogP contribution in [0.15, 0.2) is 24.3 Å². The van der Waals surface area contributed by atoms with E-state index in [1.54, 1.807) is 11.9 Å². The Hall–Kier alpha value is -1.37. The van der Waals surface area contributed by atoms with Crippen LogP contribution in [0.1, 0.15) is 206 Å². The number of unbranched alkanes of at least 4 members (excludes halogenated alkanes) is 20. The van der Waals surface area contributed by atoms with Crippen LogP contribution < -0.4 is 0 Å². The molecule has 0 aromatic carbocycles. The van der Waals surface area contributed by atoms with Crippen LogP contribution in [0.25, 0.3) is 0 Å². The summed E-state index contributed by atoms with van der Waals surface area (Å²) in [7, 11) is 1.80. The zero-order valence-electron chi connectivity index (χ0n) is 35.3. The van der Waals surface area contributed by atoms with E-state index in [2.05, 4.69) is 38.2 Å². The van der Waals surface area contributed by atoms with Crippen molar-refractivity contribution in [3.8, 4) is 0 Å². The molecule has 0 spiro atoms. The molecule has 1 amide bonds. The number of carbonyl (C=O) groups is 2. The maximum absolute atomic E-state index is 12.5. The zero-order valence-corrected chi connectivity index (χ0v) is 36.0. The minimum Gasteiger partial charge on any atom is -0.456 e. The second-order valence-corrected chi connectivity index (χ2v) is 17.7. The van der Waals surface area contributed by atoms with Gasteiger partial charge in [0.25, 0.3) is 5.91 Å². The van der Waals surface area contributed by atoms with Crippen LogP contribution in [0.3, 0.4) is 0 Å². The molecular formula is C47H84ClNO5. The number of likely N-dealkylation sites (N-methyl/N-ethyl adjacent to an activating group) is 1. The molecule has 0 aliphatic heterocycles. The first-order valence-corrected chi connectivity index (χ1v) is 23.4. The molecule has 0 aromatic rings. The number of nitrogens with zero attached hydrogens (tertiary/aromatic N) is 1. The number of halogens is 1. The first-order chi connectivity index (χ1) is 26.2. The first kappa shape index (κ1) is 48.8. The van der Waals surface area contributed by atoms with Crippen LogP contribution in [0, 0.1) is 17.3 Å². The van der Waals surface area contributed by atoms with Gasteiger partial charge in [0, 0.05) is 31.3 Å². The third-order valence-electron chi connectivity index (χ3n) is 12.8. The van der Waals surface area contributed by atoms with E-state index in [1.807, 2.05) is 0 Å². The monoisotopic (exact) mass is 778 g/mol. The van der Waals surface area contributed by atoms with Gasteiger partial charge in [-0.25, -0.2) is 0 Å². The number of aliphatic hydroxyl groups is 2. The third kappa shape index (κ3) is 20.7. The van der Waals surface area contributed by atoms with Gasteiger partial charge in [-0.05, 0) is 69.1 Å². The van der Waals surface area contributed by atoms with Crippen LogP contribution >= 0.6 is 11.6 Å². The molecular weight excluding hydrogens is 694 g/mol. The van der Waals surface area contributed by atoms with E-state index >= 15 is 0 Å². The first-order valence-electron chi connectivity index (χ1n) is 23.0. The number of allylic oxidation sites excluding steroid dienone is 2. The second kappa shape index (κ2) is 30.7. The van der Waals surface area contributed by atoms with E-state index in [0.717, 1.165) is 44.9 Å². The molecule has 0 radical (unpaired) electrons. The lowest BCUT2D eigenvalue weighted by Gasteiger charge is -2.45. The number of carbonyl (C=O) groups excluding carboxylic acids is 2. The topological polar surface area (TPSA) is 87.1 Å².